The molecule has 0 saturated heterocycles. The lowest BCUT2D eigenvalue weighted by molar-refractivity contribution is 0.140. The molecule has 0 aromatic carbocycles. The lowest BCUT2D eigenvalue weighted by Crippen LogP contribution is -2.02. The van der Waals surface area contributed by atoms with Crippen LogP contribution in [0.5, 0.6) is 0 Å². The minimum atomic E-state index is -0.635. The first-order chi connectivity index (χ1) is 7.66. The summed E-state index contributed by atoms with van der Waals surface area (Å²) in [6.45, 7) is 0. The van der Waals surface area contributed by atoms with E-state index in [1.165, 1.54) is 0 Å². The van der Waals surface area contributed by atoms with E-state index in [1.54, 1.807) is 18.3 Å². The predicted molar refractivity (Wildman–Crippen MR) is 60.2 cm³/mol. The summed E-state index contributed by atoms with van der Waals surface area (Å²) in [7, 11) is 1.93. The Balaban J connectivity index is 1.93. The molecule has 0 aliphatic carbocycles. The quantitative estimate of drug-likeness (QED) is 0.893. The van der Waals surface area contributed by atoms with E-state index in [1.807, 2.05) is 17.8 Å². The van der Waals surface area contributed by atoms with Gasteiger partial charge in [0.15, 0.2) is 5.22 Å². The summed E-state index contributed by atoms with van der Waals surface area (Å²) in [6.07, 6.45) is 4.25. The van der Waals surface area contributed by atoms with Crippen LogP contribution in [0.25, 0.3) is 0 Å². The first-order valence-corrected chi connectivity index (χ1v) is 5.44. The highest BCUT2D eigenvalue weighted by Gasteiger charge is 2.13. The molecule has 0 fully saturated rings. The van der Waals surface area contributed by atoms with Gasteiger partial charge in [0.25, 0.3) is 0 Å². The lowest BCUT2D eigenvalue weighted by atomic mass is 10.1. The minimum Gasteiger partial charge on any atom is -0.447 e. The zero-order chi connectivity index (χ0) is 11.5. The summed E-state index contributed by atoms with van der Waals surface area (Å²) < 4.78 is 7.07. The van der Waals surface area contributed by atoms with Crippen molar-refractivity contribution < 1.29 is 9.52 Å². The van der Waals surface area contributed by atoms with Gasteiger partial charge in [0.1, 0.15) is 17.7 Å². The van der Waals surface area contributed by atoms with Gasteiger partial charge in [0, 0.05) is 25.9 Å². The van der Waals surface area contributed by atoms with Crippen LogP contribution in [0, 0.1) is 0 Å². The highest BCUT2D eigenvalue weighted by Crippen LogP contribution is 2.23. The molecule has 1 atom stereocenters. The van der Waals surface area contributed by atoms with Crippen molar-refractivity contribution >= 4 is 11.6 Å². The molecular weight excluding hydrogens is 228 g/mol. The van der Waals surface area contributed by atoms with E-state index in [9.17, 15) is 5.11 Å². The molecule has 1 unspecified atom stereocenters. The molecule has 0 radical (unpaired) electrons. The van der Waals surface area contributed by atoms with Crippen molar-refractivity contribution in [3.05, 3.63) is 41.3 Å². The third kappa shape index (κ3) is 2.46. The molecule has 86 valence electrons. The third-order valence-electron chi connectivity index (χ3n) is 2.48. The highest BCUT2D eigenvalue weighted by atomic mass is 35.5. The highest BCUT2D eigenvalue weighted by molar-refractivity contribution is 6.28. The predicted octanol–water partition coefficient (Wildman–Crippen LogP) is 2.33. The van der Waals surface area contributed by atoms with Gasteiger partial charge < -0.3 is 14.1 Å². The Labute approximate surface area is 98.5 Å². The average Bonchev–Trinajstić information content (AvgIpc) is 2.84. The second-order valence-corrected chi connectivity index (χ2v) is 4.02. The van der Waals surface area contributed by atoms with Crippen LogP contribution >= 0.6 is 11.6 Å². The molecule has 0 bridgehead atoms. The Hall–Kier alpha value is -1.26. The van der Waals surface area contributed by atoms with Gasteiger partial charge in [-0.2, -0.15) is 0 Å². The Morgan fingerprint density at radius 1 is 1.56 bits per heavy atom. The zero-order valence-corrected chi connectivity index (χ0v) is 9.68. The molecular formula is C11H13ClN2O2. The number of imidazole rings is 1. The van der Waals surface area contributed by atoms with Crippen LogP contribution in [0.1, 0.15) is 24.1 Å². The van der Waals surface area contributed by atoms with Crippen LogP contribution in [0.3, 0.4) is 0 Å². The van der Waals surface area contributed by atoms with Gasteiger partial charge in [-0.3, -0.25) is 0 Å². The van der Waals surface area contributed by atoms with Crippen molar-refractivity contribution in [1.82, 2.24) is 9.55 Å². The summed E-state index contributed by atoms with van der Waals surface area (Å²) in [5.41, 5.74) is 0. The van der Waals surface area contributed by atoms with E-state index in [2.05, 4.69) is 4.98 Å². The van der Waals surface area contributed by atoms with Crippen molar-refractivity contribution in [3.8, 4) is 0 Å². The molecule has 2 aromatic rings. The molecule has 4 nitrogen and oxygen atoms in total. The van der Waals surface area contributed by atoms with E-state index >= 15 is 0 Å². The number of aryl methyl sites for hydroxylation is 2. The SMILES string of the molecule is Cn1ccnc1CCC(O)c1ccc(Cl)o1. The number of aliphatic hydroxyl groups is 1. The fourth-order valence-electron chi connectivity index (χ4n) is 1.55. The van der Waals surface area contributed by atoms with E-state index in [0.717, 1.165) is 5.82 Å². The molecule has 0 aliphatic heterocycles. The molecule has 0 aliphatic rings. The largest absolute Gasteiger partial charge is 0.447 e. The molecule has 0 saturated carbocycles. The standard InChI is InChI=1S/C11H13ClN2O2/c1-14-7-6-13-11(14)5-2-8(15)9-3-4-10(12)16-9/h3-4,6-8,15H,2,5H2,1H3. The van der Waals surface area contributed by atoms with Gasteiger partial charge in [0.05, 0.1) is 0 Å². The first-order valence-electron chi connectivity index (χ1n) is 5.06. The molecule has 2 rings (SSSR count). The maximum absolute atomic E-state index is 9.83. The van der Waals surface area contributed by atoms with E-state index < -0.39 is 6.10 Å². The molecule has 0 amide bonds. The van der Waals surface area contributed by atoms with E-state index in [0.29, 0.717) is 23.8 Å². The number of rotatable bonds is 4. The van der Waals surface area contributed by atoms with Crippen molar-refractivity contribution in [2.45, 2.75) is 18.9 Å². The van der Waals surface area contributed by atoms with Crippen molar-refractivity contribution in [2.75, 3.05) is 0 Å². The van der Waals surface area contributed by atoms with E-state index in [4.69, 9.17) is 16.0 Å². The van der Waals surface area contributed by atoms with Crippen molar-refractivity contribution in [2.24, 2.45) is 7.05 Å². The van der Waals surface area contributed by atoms with Crippen LogP contribution in [-0.4, -0.2) is 14.7 Å². The Morgan fingerprint density at radius 2 is 2.38 bits per heavy atom. The van der Waals surface area contributed by atoms with Crippen LogP contribution in [-0.2, 0) is 13.5 Å². The van der Waals surface area contributed by atoms with Gasteiger partial charge >= 0.3 is 0 Å². The summed E-state index contributed by atoms with van der Waals surface area (Å²) in [5.74, 6) is 1.44. The fourth-order valence-corrected chi connectivity index (χ4v) is 1.70. The van der Waals surface area contributed by atoms with Crippen molar-refractivity contribution in [3.63, 3.8) is 0 Å². The number of hydrogen-bond acceptors (Lipinski definition) is 3. The maximum Gasteiger partial charge on any atom is 0.193 e. The molecule has 0 spiro atoms. The van der Waals surface area contributed by atoms with Gasteiger partial charge in [-0.15, -0.1) is 0 Å². The Bertz CT molecular complexity index is 464. The summed E-state index contributed by atoms with van der Waals surface area (Å²) >= 11 is 5.64. The topological polar surface area (TPSA) is 51.2 Å². The Kier molecular flexibility index (Phi) is 3.31. The number of furan rings is 1. The molecule has 2 aromatic heterocycles. The monoisotopic (exact) mass is 240 g/mol. The number of hydrogen-bond donors (Lipinski definition) is 1. The van der Waals surface area contributed by atoms with Gasteiger partial charge in [-0.05, 0) is 30.2 Å². The maximum atomic E-state index is 9.83. The first kappa shape index (κ1) is 11.2. The third-order valence-corrected chi connectivity index (χ3v) is 2.69. The normalized spacial score (nSPS) is 12.9. The molecule has 2 heterocycles. The molecule has 16 heavy (non-hydrogen) atoms. The second kappa shape index (κ2) is 4.72. The van der Waals surface area contributed by atoms with Crippen LogP contribution in [0.15, 0.2) is 28.9 Å². The smallest absolute Gasteiger partial charge is 0.193 e. The fraction of sp³-hybridized carbons (Fsp3) is 0.364. The lowest BCUT2D eigenvalue weighted by Gasteiger charge is -2.07. The number of aliphatic hydroxyl groups excluding tert-OH is 1. The van der Waals surface area contributed by atoms with Crippen LogP contribution in [0.2, 0.25) is 5.22 Å². The van der Waals surface area contributed by atoms with Crippen LogP contribution in [0.4, 0.5) is 0 Å². The summed E-state index contributed by atoms with van der Waals surface area (Å²) in [5, 5.41) is 10.1. The van der Waals surface area contributed by atoms with Gasteiger partial charge in [-0.25, -0.2) is 4.98 Å². The average molecular weight is 241 g/mol. The number of halogens is 1. The molecule has 5 heteroatoms. The molecule has 1 N–H and O–H groups in total. The Morgan fingerprint density at radius 3 is 2.94 bits per heavy atom. The zero-order valence-electron chi connectivity index (χ0n) is 8.93. The minimum absolute atomic E-state index is 0.297. The number of nitrogens with zero attached hydrogens (tertiary/aromatic N) is 2. The van der Waals surface area contributed by atoms with Crippen LogP contribution < -0.4 is 0 Å². The van der Waals surface area contributed by atoms with Gasteiger partial charge in [0.2, 0.25) is 0 Å². The number of aromatic nitrogens is 2. The van der Waals surface area contributed by atoms with Gasteiger partial charge in [-0.1, -0.05) is 0 Å². The summed E-state index contributed by atoms with van der Waals surface area (Å²) in [4.78, 5) is 4.18. The summed E-state index contributed by atoms with van der Waals surface area (Å²) in [6, 6.07) is 3.31. The van der Waals surface area contributed by atoms with E-state index in [-0.39, 0.29) is 0 Å². The second-order valence-electron chi connectivity index (χ2n) is 3.65. The van der Waals surface area contributed by atoms with Crippen molar-refractivity contribution in [1.29, 1.82) is 0 Å².